The molecule has 1 aromatic carbocycles. The number of carbonyl (C=O) groups excluding carboxylic acids is 1. The van der Waals surface area contributed by atoms with Gasteiger partial charge in [-0.1, -0.05) is 0 Å². The minimum Gasteiger partial charge on any atom is -0.325 e. The molecule has 2 atom stereocenters. The summed E-state index contributed by atoms with van der Waals surface area (Å²) in [4.78, 5) is 20.1. The van der Waals surface area contributed by atoms with E-state index in [9.17, 15) is 18.0 Å². The predicted molar refractivity (Wildman–Crippen MR) is 119 cm³/mol. The van der Waals surface area contributed by atoms with Gasteiger partial charge in [0.25, 0.3) is 5.91 Å². The van der Waals surface area contributed by atoms with Gasteiger partial charge in [-0.05, 0) is 62.4 Å². The number of piperidine rings is 1. The van der Waals surface area contributed by atoms with Crippen LogP contribution in [0.5, 0.6) is 0 Å². The Balaban J connectivity index is 1.46. The highest BCUT2D eigenvalue weighted by atomic mass is 19.2. The van der Waals surface area contributed by atoms with Gasteiger partial charge in [-0.3, -0.25) is 13.9 Å². The van der Waals surface area contributed by atoms with Gasteiger partial charge in [0.05, 0.1) is 17.4 Å². The van der Waals surface area contributed by atoms with Gasteiger partial charge in [-0.25, -0.2) is 18.2 Å². The average Bonchev–Trinajstić information content (AvgIpc) is 3.39. The fourth-order valence-electron chi connectivity index (χ4n) is 5.66. The van der Waals surface area contributed by atoms with Crippen LogP contribution in [-0.2, 0) is 13.5 Å². The van der Waals surface area contributed by atoms with Crippen molar-refractivity contribution >= 4 is 11.6 Å². The molecule has 2 aliphatic heterocycles. The van der Waals surface area contributed by atoms with E-state index < -0.39 is 17.5 Å². The second kappa shape index (κ2) is 7.44. The number of amides is 1. The van der Waals surface area contributed by atoms with Crippen LogP contribution in [-0.4, -0.2) is 36.0 Å². The van der Waals surface area contributed by atoms with Gasteiger partial charge in [0, 0.05) is 36.6 Å². The number of halogens is 3. The third kappa shape index (κ3) is 2.99. The van der Waals surface area contributed by atoms with E-state index in [4.69, 9.17) is 5.10 Å². The normalized spacial score (nSPS) is 19.5. The number of aromatic nitrogens is 4. The highest BCUT2D eigenvalue weighted by molar-refractivity contribution is 5.94. The van der Waals surface area contributed by atoms with E-state index in [0.717, 1.165) is 48.2 Å². The SMILES string of the molecule is Cc1cc(C(=O)N2C3CCCC2c2nn(C)c(-c4cc(F)c(F)c(F)c4)c2C3)n2ccnc2c1. The summed E-state index contributed by atoms with van der Waals surface area (Å²) in [7, 11) is 1.71. The number of imidazole rings is 1. The topological polar surface area (TPSA) is 55.4 Å². The lowest BCUT2D eigenvalue weighted by Crippen LogP contribution is -2.50. The number of nitrogens with zero attached hydrogens (tertiary/aromatic N) is 5. The number of fused-ring (bicyclic) bond motifs is 5. The zero-order valence-electron chi connectivity index (χ0n) is 18.7. The molecule has 4 aromatic rings. The Kier molecular flexibility index (Phi) is 4.59. The Bertz CT molecular complexity index is 1450. The molecule has 0 aliphatic carbocycles. The number of rotatable bonds is 2. The summed E-state index contributed by atoms with van der Waals surface area (Å²) < 4.78 is 45.0. The van der Waals surface area contributed by atoms with Gasteiger partial charge < -0.3 is 4.90 Å². The van der Waals surface area contributed by atoms with Crippen molar-refractivity contribution in [3.63, 3.8) is 0 Å². The van der Waals surface area contributed by atoms with Crippen molar-refractivity contribution in [2.24, 2.45) is 7.05 Å². The number of hydrogen-bond acceptors (Lipinski definition) is 3. The maximum Gasteiger partial charge on any atom is 0.271 e. The van der Waals surface area contributed by atoms with E-state index in [2.05, 4.69) is 4.98 Å². The van der Waals surface area contributed by atoms with Crippen molar-refractivity contribution in [3.05, 3.63) is 76.6 Å². The maximum atomic E-state index is 14.0. The van der Waals surface area contributed by atoms with Crippen molar-refractivity contribution in [1.29, 1.82) is 0 Å². The lowest BCUT2D eigenvalue weighted by molar-refractivity contribution is 0.0384. The van der Waals surface area contributed by atoms with Crippen LogP contribution >= 0.6 is 0 Å². The van der Waals surface area contributed by atoms with Crippen molar-refractivity contribution < 1.29 is 18.0 Å². The van der Waals surface area contributed by atoms with Gasteiger partial charge in [-0.2, -0.15) is 5.10 Å². The molecule has 174 valence electrons. The summed E-state index contributed by atoms with van der Waals surface area (Å²) in [5.41, 5.74) is 4.61. The van der Waals surface area contributed by atoms with E-state index in [1.165, 1.54) is 0 Å². The first-order valence-electron chi connectivity index (χ1n) is 11.3. The number of benzene rings is 1. The van der Waals surface area contributed by atoms with Crippen LogP contribution in [0.4, 0.5) is 13.2 Å². The van der Waals surface area contributed by atoms with Crippen LogP contribution in [0.1, 0.15) is 52.6 Å². The van der Waals surface area contributed by atoms with Crippen LogP contribution in [0.2, 0.25) is 0 Å². The molecule has 6 rings (SSSR count). The number of carbonyl (C=O) groups is 1. The Hall–Kier alpha value is -3.62. The predicted octanol–water partition coefficient (Wildman–Crippen LogP) is 4.75. The van der Waals surface area contributed by atoms with Gasteiger partial charge in [-0.15, -0.1) is 0 Å². The standard InChI is InChI=1S/C25H22F3N5O/c1-13-8-20(32-7-6-29-21(32)9-13)25(34)33-15-4-3-5-19(33)23-16(12-15)24(31(2)30-23)14-10-17(26)22(28)18(27)11-14/h6-11,15,19H,3-5,12H2,1-2H3. The Morgan fingerprint density at radius 2 is 1.85 bits per heavy atom. The molecule has 0 N–H and O–H groups in total. The summed E-state index contributed by atoms with van der Waals surface area (Å²) in [5.74, 6) is -4.04. The molecule has 34 heavy (non-hydrogen) atoms. The summed E-state index contributed by atoms with van der Waals surface area (Å²) in [6, 6.07) is 5.49. The van der Waals surface area contributed by atoms with E-state index in [1.54, 1.807) is 28.5 Å². The minimum atomic E-state index is -1.49. The largest absolute Gasteiger partial charge is 0.325 e. The summed E-state index contributed by atoms with van der Waals surface area (Å²) in [5, 5.41) is 4.69. The van der Waals surface area contributed by atoms with Crippen molar-refractivity contribution in [1.82, 2.24) is 24.1 Å². The smallest absolute Gasteiger partial charge is 0.271 e. The number of hydrogen-bond donors (Lipinski definition) is 0. The molecule has 0 radical (unpaired) electrons. The third-order valence-electron chi connectivity index (χ3n) is 7.04. The van der Waals surface area contributed by atoms with Gasteiger partial charge in [0.15, 0.2) is 17.5 Å². The van der Waals surface area contributed by atoms with Crippen LogP contribution < -0.4 is 0 Å². The number of pyridine rings is 1. The molecule has 3 aromatic heterocycles. The quantitative estimate of drug-likeness (QED) is 0.402. The molecule has 0 saturated carbocycles. The molecular formula is C25H22F3N5O. The lowest BCUT2D eigenvalue weighted by Gasteiger charge is -2.45. The Morgan fingerprint density at radius 3 is 2.62 bits per heavy atom. The highest BCUT2D eigenvalue weighted by Crippen LogP contribution is 2.45. The minimum absolute atomic E-state index is 0.0732. The van der Waals surface area contributed by atoms with Gasteiger partial charge in [0.2, 0.25) is 0 Å². The Labute approximate surface area is 193 Å². The van der Waals surface area contributed by atoms with E-state index in [1.807, 2.05) is 24.0 Å². The summed E-state index contributed by atoms with van der Waals surface area (Å²) in [6.45, 7) is 1.94. The molecule has 1 amide bonds. The van der Waals surface area contributed by atoms with Crippen LogP contribution in [0, 0.1) is 24.4 Å². The molecule has 5 heterocycles. The van der Waals surface area contributed by atoms with E-state index in [0.29, 0.717) is 23.5 Å². The molecule has 1 saturated heterocycles. The summed E-state index contributed by atoms with van der Waals surface area (Å²) >= 11 is 0. The first kappa shape index (κ1) is 20.9. The fourth-order valence-corrected chi connectivity index (χ4v) is 5.66. The first-order valence-corrected chi connectivity index (χ1v) is 11.3. The monoisotopic (exact) mass is 465 g/mol. The third-order valence-corrected chi connectivity index (χ3v) is 7.04. The zero-order valence-corrected chi connectivity index (χ0v) is 18.7. The average molecular weight is 465 g/mol. The highest BCUT2D eigenvalue weighted by Gasteiger charge is 2.44. The molecule has 1 fully saturated rings. The second-order valence-electron chi connectivity index (χ2n) is 9.18. The molecule has 2 bridgehead atoms. The van der Waals surface area contributed by atoms with Crippen LogP contribution in [0.3, 0.4) is 0 Å². The number of aryl methyl sites for hydroxylation is 2. The molecule has 2 unspecified atom stereocenters. The fraction of sp³-hybridized carbons (Fsp3) is 0.320. The van der Waals surface area contributed by atoms with E-state index in [-0.39, 0.29) is 23.6 Å². The van der Waals surface area contributed by atoms with Crippen molar-refractivity contribution in [3.8, 4) is 11.3 Å². The molecule has 0 spiro atoms. The van der Waals surface area contributed by atoms with Gasteiger partial charge in [0.1, 0.15) is 11.3 Å². The second-order valence-corrected chi connectivity index (χ2v) is 9.18. The first-order chi connectivity index (χ1) is 16.3. The zero-order chi connectivity index (χ0) is 23.7. The van der Waals surface area contributed by atoms with Crippen LogP contribution in [0.15, 0.2) is 36.7 Å². The maximum absolute atomic E-state index is 14.0. The van der Waals surface area contributed by atoms with Crippen molar-refractivity contribution in [2.75, 3.05) is 0 Å². The molecule has 6 nitrogen and oxygen atoms in total. The van der Waals surface area contributed by atoms with E-state index >= 15 is 0 Å². The summed E-state index contributed by atoms with van der Waals surface area (Å²) in [6.07, 6.45) is 6.49. The lowest BCUT2D eigenvalue weighted by atomic mass is 9.81. The molecular weight excluding hydrogens is 443 g/mol. The Morgan fingerprint density at radius 1 is 1.09 bits per heavy atom. The molecule has 9 heteroatoms. The van der Waals surface area contributed by atoms with Crippen molar-refractivity contribution in [2.45, 2.75) is 44.7 Å². The van der Waals surface area contributed by atoms with Crippen LogP contribution in [0.25, 0.3) is 16.9 Å². The molecule has 2 aliphatic rings. The van der Waals surface area contributed by atoms with Gasteiger partial charge >= 0.3 is 0 Å².